The van der Waals surface area contributed by atoms with E-state index in [0.717, 1.165) is 6.54 Å². The molecule has 4 heteroatoms. The Morgan fingerprint density at radius 2 is 2.12 bits per heavy atom. The normalized spacial score (nSPS) is 22.2. The van der Waals surface area contributed by atoms with Gasteiger partial charge in [0.05, 0.1) is 5.56 Å². The fourth-order valence-corrected chi connectivity index (χ4v) is 1.99. The van der Waals surface area contributed by atoms with E-state index in [9.17, 15) is 9.90 Å². The summed E-state index contributed by atoms with van der Waals surface area (Å²) in [5, 5.41) is 18.8. The average molecular weight is 235 g/mol. The third-order valence-electron chi connectivity index (χ3n) is 3.34. The third kappa shape index (κ3) is 2.52. The lowest BCUT2D eigenvalue weighted by Gasteiger charge is -2.17. The first-order chi connectivity index (χ1) is 7.99. The Kier molecular flexibility index (Phi) is 2.96. The van der Waals surface area contributed by atoms with Crippen LogP contribution in [0.3, 0.4) is 0 Å². The van der Waals surface area contributed by atoms with E-state index in [1.54, 1.807) is 11.9 Å². The van der Waals surface area contributed by atoms with Crippen molar-refractivity contribution in [2.24, 2.45) is 11.8 Å². The molecule has 0 spiro atoms. The predicted molar refractivity (Wildman–Crippen MR) is 64.0 cm³/mol. The summed E-state index contributed by atoms with van der Waals surface area (Å²) >= 11 is 0. The topological polar surface area (TPSA) is 60.8 Å². The highest BCUT2D eigenvalue weighted by atomic mass is 16.3. The maximum absolute atomic E-state index is 12.0. The van der Waals surface area contributed by atoms with Crippen LogP contribution >= 0.6 is 0 Å². The molecule has 1 amide bonds. The smallest absolute Gasteiger partial charge is 0.257 e. The van der Waals surface area contributed by atoms with Crippen LogP contribution in [0.4, 0.5) is 0 Å². The second-order valence-corrected chi connectivity index (χ2v) is 4.86. The molecule has 1 saturated carbocycles. The standard InChI is InChI=1S/C13H17NO3/c1-8-5-9(8)7-14(2)13(17)11-4-3-10(15)6-12(11)16/h3-4,6,8-9,15-16H,5,7H2,1-2H3. The molecule has 2 atom stereocenters. The van der Waals surface area contributed by atoms with Crippen LogP contribution in [0.25, 0.3) is 0 Å². The van der Waals surface area contributed by atoms with Crippen molar-refractivity contribution < 1.29 is 15.0 Å². The first-order valence-electron chi connectivity index (χ1n) is 5.76. The zero-order chi connectivity index (χ0) is 12.6. The van der Waals surface area contributed by atoms with Crippen LogP contribution in [-0.2, 0) is 0 Å². The lowest BCUT2D eigenvalue weighted by atomic mass is 10.1. The first kappa shape index (κ1) is 11.8. The highest BCUT2D eigenvalue weighted by Crippen LogP contribution is 2.38. The molecule has 1 aliphatic rings. The van der Waals surface area contributed by atoms with Gasteiger partial charge in [-0.1, -0.05) is 6.92 Å². The van der Waals surface area contributed by atoms with Crippen molar-refractivity contribution >= 4 is 5.91 Å². The second-order valence-electron chi connectivity index (χ2n) is 4.86. The SMILES string of the molecule is CC1CC1CN(C)C(=O)c1ccc(O)cc1O. The maximum Gasteiger partial charge on any atom is 0.257 e. The largest absolute Gasteiger partial charge is 0.508 e. The van der Waals surface area contributed by atoms with Crippen molar-refractivity contribution in [3.63, 3.8) is 0 Å². The van der Waals surface area contributed by atoms with Gasteiger partial charge >= 0.3 is 0 Å². The molecule has 0 radical (unpaired) electrons. The van der Waals surface area contributed by atoms with Crippen molar-refractivity contribution in [2.75, 3.05) is 13.6 Å². The summed E-state index contributed by atoms with van der Waals surface area (Å²) in [6, 6.07) is 4.03. The Balaban J connectivity index is 2.07. The molecule has 0 bridgehead atoms. The van der Waals surface area contributed by atoms with Gasteiger partial charge in [-0.15, -0.1) is 0 Å². The molecule has 2 N–H and O–H groups in total. The first-order valence-corrected chi connectivity index (χ1v) is 5.76. The van der Waals surface area contributed by atoms with E-state index in [-0.39, 0.29) is 23.0 Å². The molecule has 2 unspecified atom stereocenters. The van der Waals surface area contributed by atoms with E-state index in [0.29, 0.717) is 11.8 Å². The van der Waals surface area contributed by atoms with Crippen LogP contribution in [0.15, 0.2) is 18.2 Å². The number of phenolic OH excluding ortho intramolecular Hbond substituents is 2. The Bertz CT molecular complexity index is 444. The molecule has 1 aliphatic carbocycles. The number of nitrogens with zero attached hydrogens (tertiary/aromatic N) is 1. The quantitative estimate of drug-likeness (QED) is 0.840. The summed E-state index contributed by atoms with van der Waals surface area (Å²) in [6.45, 7) is 2.89. The van der Waals surface area contributed by atoms with Crippen LogP contribution in [0.1, 0.15) is 23.7 Å². The number of hydrogen-bond acceptors (Lipinski definition) is 3. The van der Waals surface area contributed by atoms with E-state index >= 15 is 0 Å². The molecule has 2 rings (SSSR count). The molecular weight excluding hydrogens is 218 g/mol. The number of aromatic hydroxyl groups is 2. The lowest BCUT2D eigenvalue weighted by molar-refractivity contribution is 0.0784. The molecule has 1 aromatic rings. The summed E-state index contributed by atoms with van der Waals surface area (Å²) in [7, 11) is 1.74. The van der Waals surface area contributed by atoms with Gasteiger partial charge in [0.1, 0.15) is 11.5 Å². The van der Waals surface area contributed by atoms with Gasteiger partial charge in [-0.05, 0) is 30.4 Å². The number of phenols is 2. The summed E-state index contributed by atoms with van der Waals surface area (Å²) < 4.78 is 0. The van der Waals surface area contributed by atoms with Gasteiger partial charge in [0.2, 0.25) is 0 Å². The molecule has 0 aliphatic heterocycles. The van der Waals surface area contributed by atoms with Crippen LogP contribution < -0.4 is 0 Å². The number of hydrogen-bond donors (Lipinski definition) is 2. The molecule has 0 aromatic heterocycles. The lowest BCUT2D eigenvalue weighted by Crippen LogP contribution is -2.29. The minimum absolute atomic E-state index is 0.0440. The predicted octanol–water partition coefficient (Wildman–Crippen LogP) is 1.83. The van der Waals surface area contributed by atoms with Crippen LogP contribution in [0, 0.1) is 11.8 Å². The number of carbonyl (C=O) groups excluding carboxylic acids is 1. The minimum atomic E-state index is -0.207. The summed E-state index contributed by atoms with van der Waals surface area (Å²) in [4.78, 5) is 13.7. The molecular formula is C13H17NO3. The van der Waals surface area contributed by atoms with E-state index in [2.05, 4.69) is 6.92 Å². The molecule has 0 saturated heterocycles. The minimum Gasteiger partial charge on any atom is -0.508 e. The number of rotatable bonds is 3. The summed E-state index contributed by atoms with van der Waals surface area (Å²) in [5.41, 5.74) is 0.235. The molecule has 17 heavy (non-hydrogen) atoms. The Hall–Kier alpha value is -1.71. The summed E-state index contributed by atoms with van der Waals surface area (Å²) in [5.74, 6) is 0.853. The van der Waals surface area contributed by atoms with E-state index in [1.165, 1.54) is 24.6 Å². The maximum atomic E-state index is 12.0. The van der Waals surface area contributed by atoms with E-state index in [4.69, 9.17) is 5.11 Å². The fourth-order valence-electron chi connectivity index (χ4n) is 1.99. The zero-order valence-corrected chi connectivity index (χ0v) is 10.1. The van der Waals surface area contributed by atoms with Gasteiger partial charge < -0.3 is 15.1 Å². The van der Waals surface area contributed by atoms with Gasteiger partial charge in [0, 0.05) is 19.7 Å². The Morgan fingerprint density at radius 1 is 1.47 bits per heavy atom. The van der Waals surface area contributed by atoms with E-state index < -0.39 is 0 Å². The third-order valence-corrected chi connectivity index (χ3v) is 3.34. The number of benzene rings is 1. The highest BCUT2D eigenvalue weighted by molar-refractivity contribution is 5.96. The van der Waals surface area contributed by atoms with Crippen molar-refractivity contribution in [3.05, 3.63) is 23.8 Å². The highest BCUT2D eigenvalue weighted by Gasteiger charge is 2.34. The molecule has 1 fully saturated rings. The van der Waals surface area contributed by atoms with Gasteiger partial charge in [0.25, 0.3) is 5.91 Å². The monoisotopic (exact) mass is 235 g/mol. The van der Waals surface area contributed by atoms with E-state index in [1.807, 2.05) is 0 Å². The number of carbonyl (C=O) groups is 1. The van der Waals surface area contributed by atoms with Crippen molar-refractivity contribution in [1.29, 1.82) is 0 Å². The van der Waals surface area contributed by atoms with Gasteiger partial charge in [0.15, 0.2) is 0 Å². The van der Waals surface area contributed by atoms with Crippen LogP contribution in [0.2, 0.25) is 0 Å². The van der Waals surface area contributed by atoms with Crippen molar-refractivity contribution in [3.8, 4) is 11.5 Å². The van der Waals surface area contributed by atoms with Crippen LogP contribution in [0.5, 0.6) is 11.5 Å². The average Bonchev–Trinajstić information content (AvgIpc) is 2.93. The van der Waals surface area contributed by atoms with Gasteiger partial charge in [-0.2, -0.15) is 0 Å². The summed E-state index contributed by atoms with van der Waals surface area (Å²) in [6.07, 6.45) is 1.17. The molecule has 1 aromatic carbocycles. The fraction of sp³-hybridized carbons (Fsp3) is 0.462. The van der Waals surface area contributed by atoms with Gasteiger partial charge in [-0.25, -0.2) is 0 Å². The van der Waals surface area contributed by atoms with Crippen molar-refractivity contribution in [2.45, 2.75) is 13.3 Å². The zero-order valence-electron chi connectivity index (χ0n) is 10.1. The molecule has 4 nitrogen and oxygen atoms in total. The van der Waals surface area contributed by atoms with Crippen molar-refractivity contribution in [1.82, 2.24) is 4.90 Å². The Labute approximate surface area is 100 Å². The molecule has 0 heterocycles. The Morgan fingerprint density at radius 3 is 2.65 bits per heavy atom. The van der Waals surface area contributed by atoms with Crippen LogP contribution in [-0.4, -0.2) is 34.6 Å². The molecule has 92 valence electrons. The number of amides is 1. The van der Waals surface area contributed by atoms with Gasteiger partial charge in [-0.3, -0.25) is 4.79 Å². The second kappa shape index (κ2) is 4.28.